The minimum Gasteiger partial charge on any atom is -0.366 e. The van der Waals surface area contributed by atoms with E-state index in [1.165, 1.54) is 17.1 Å². The number of nitrogens with zero attached hydrogens (tertiary/aromatic N) is 4. The van der Waals surface area contributed by atoms with Gasteiger partial charge >= 0.3 is 0 Å². The largest absolute Gasteiger partial charge is 0.366 e. The van der Waals surface area contributed by atoms with Crippen LogP contribution in [0.25, 0.3) is 5.69 Å². The van der Waals surface area contributed by atoms with E-state index in [0.717, 1.165) is 5.69 Å². The molecule has 2 aromatic rings. The third kappa shape index (κ3) is 1.45. The summed E-state index contributed by atoms with van der Waals surface area (Å²) in [6.45, 7) is 0. The van der Waals surface area contributed by atoms with Gasteiger partial charge in [0.15, 0.2) is 0 Å². The van der Waals surface area contributed by atoms with Crippen LogP contribution in [0.2, 0.25) is 0 Å². The summed E-state index contributed by atoms with van der Waals surface area (Å²) >= 11 is 0. The fourth-order valence-corrected chi connectivity index (χ4v) is 1.01. The maximum atomic E-state index is 10.8. The number of primary amides is 1. The Kier molecular flexibility index (Phi) is 1.94. The molecule has 0 aromatic carbocycles. The first kappa shape index (κ1) is 8.36. The van der Waals surface area contributed by atoms with Crippen LogP contribution in [0.4, 0.5) is 0 Å². The van der Waals surface area contributed by atoms with Crippen molar-refractivity contribution in [1.29, 1.82) is 0 Å². The molecule has 0 aliphatic heterocycles. The van der Waals surface area contributed by atoms with Crippen LogP contribution in [-0.4, -0.2) is 25.9 Å². The lowest BCUT2D eigenvalue weighted by Crippen LogP contribution is -2.09. The van der Waals surface area contributed by atoms with Crippen molar-refractivity contribution in [3.8, 4) is 5.69 Å². The third-order valence-corrected chi connectivity index (χ3v) is 1.70. The minimum atomic E-state index is -0.502. The molecule has 1 amide bonds. The van der Waals surface area contributed by atoms with Crippen molar-refractivity contribution >= 4 is 5.91 Å². The zero-order chi connectivity index (χ0) is 9.97. The fourth-order valence-electron chi connectivity index (χ4n) is 1.01. The van der Waals surface area contributed by atoms with Crippen LogP contribution in [-0.2, 0) is 0 Å². The summed E-state index contributed by atoms with van der Waals surface area (Å²) < 4.78 is 1.51. The number of amides is 1. The van der Waals surface area contributed by atoms with Crippen LogP contribution in [0.1, 0.15) is 10.4 Å². The van der Waals surface area contributed by atoms with E-state index in [0.29, 0.717) is 5.56 Å². The van der Waals surface area contributed by atoms with Gasteiger partial charge in [0.25, 0.3) is 5.91 Å². The van der Waals surface area contributed by atoms with Gasteiger partial charge in [0.1, 0.15) is 0 Å². The molecule has 6 nitrogen and oxygen atoms in total. The Morgan fingerprint density at radius 3 is 2.79 bits per heavy atom. The lowest BCUT2D eigenvalue weighted by Gasteiger charge is -1.96. The zero-order valence-corrected chi connectivity index (χ0v) is 7.16. The molecule has 0 radical (unpaired) electrons. The van der Waals surface area contributed by atoms with E-state index >= 15 is 0 Å². The Morgan fingerprint density at radius 2 is 2.21 bits per heavy atom. The van der Waals surface area contributed by atoms with E-state index in [4.69, 9.17) is 5.73 Å². The highest BCUT2D eigenvalue weighted by Crippen LogP contribution is 2.04. The maximum absolute atomic E-state index is 10.8. The van der Waals surface area contributed by atoms with E-state index < -0.39 is 5.91 Å². The first-order valence-corrected chi connectivity index (χ1v) is 3.89. The van der Waals surface area contributed by atoms with Crippen molar-refractivity contribution in [3.63, 3.8) is 0 Å². The van der Waals surface area contributed by atoms with Gasteiger partial charge < -0.3 is 5.73 Å². The van der Waals surface area contributed by atoms with Gasteiger partial charge in [-0.25, -0.2) is 4.68 Å². The van der Waals surface area contributed by atoms with E-state index in [1.807, 2.05) is 0 Å². The number of hydrogen-bond donors (Lipinski definition) is 1. The summed E-state index contributed by atoms with van der Waals surface area (Å²) in [6, 6.07) is 1.73. The highest BCUT2D eigenvalue weighted by atomic mass is 16.1. The predicted molar refractivity (Wildman–Crippen MR) is 47.7 cm³/mol. The Balaban J connectivity index is 2.39. The van der Waals surface area contributed by atoms with Crippen LogP contribution in [0, 0.1) is 0 Å². The van der Waals surface area contributed by atoms with Crippen molar-refractivity contribution in [2.45, 2.75) is 0 Å². The minimum absolute atomic E-state index is 0.363. The Bertz CT molecular complexity index is 450. The molecule has 0 fully saturated rings. The number of aromatic nitrogens is 4. The second kappa shape index (κ2) is 3.25. The molecule has 0 atom stereocenters. The second-order valence-corrected chi connectivity index (χ2v) is 2.64. The van der Waals surface area contributed by atoms with Gasteiger partial charge in [-0.3, -0.25) is 4.79 Å². The first-order valence-electron chi connectivity index (χ1n) is 3.89. The molecule has 14 heavy (non-hydrogen) atoms. The average Bonchev–Trinajstić information content (AvgIpc) is 2.68. The van der Waals surface area contributed by atoms with E-state index in [2.05, 4.69) is 15.3 Å². The molecule has 0 saturated carbocycles. The van der Waals surface area contributed by atoms with Gasteiger partial charge in [-0.1, -0.05) is 0 Å². The number of carbonyl (C=O) groups is 1. The lowest BCUT2D eigenvalue weighted by atomic mass is 10.3. The molecule has 2 rings (SSSR count). The van der Waals surface area contributed by atoms with Gasteiger partial charge in [0, 0.05) is 6.20 Å². The van der Waals surface area contributed by atoms with Gasteiger partial charge in [-0.05, 0) is 6.07 Å². The van der Waals surface area contributed by atoms with Crippen LogP contribution in [0.3, 0.4) is 0 Å². The number of hydrogen-bond acceptors (Lipinski definition) is 4. The third-order valence-electron chi connectivity index (χ3n) is 1.70. The fraction of sp³-hybridized carbons (Fsp3) is 0. The van der Waals surface area contributed by atoms with E-state index in [1.54, 1.807) is 18.5 Å². The molecule has 0 aliphatic carbocycles. The highest BCUT2D eigenvalue weighted by Gasteiger charge is 2.04. The molecule has 2 heterocycles. The van der Waals surface area contributed by atoms with Gasteiger partial charge in [0.2, 0.25) is 0 Å². The standard InChI is InChI=1S/C8H7N5O/c9-8(14)6-3-12-13(5-6)7-1-2-10-11-4-7/h1-5H,(H2,9,14). The smallest absolute Gasteiger partial charge is 0.251 e. The van der Waals surface area contributed by atoms with Crippen molar-refractivity contribution < 1.29 is 4.79 Å². The molecular weight excluding hydrogens is 182 g/mol. The number of nitrogens with two attached hydrogens (primary N) is 1. The summed E-state index contributed by atoms with van der Waals surface area (Å²) in [5.41, 5.74) is 6.18. The predicted octanol–water partition coefficient (Wildman–Crippen LogP) is -0.239. The van der Waals surface area contributed by atoms with Crippen LogP contribution >= 0.6 is 0 Å². The Hall–Kier alpha value is -2.24. The molecule has 0 bridgehead atoms. The first-order chi connectivity index (χ1) is 6.77. The van der Waals surface area contributed by atoms with Gasteiger partial charge in [-0.2, -0.15) is 15.3 Å². The van der Waals surface area contributed by atoms with E-state index in [9.17, 15) is 4.79 Å². The maximum Gasteiger partial charge on any atom is 0.251 e. The van der Waals surface area contributed by atoms with Crippen molar-refractivity contribution in [1.82, 2.24) is 20.0 Å². The molecular formula is C8H7N5O. The van der Waals surface area contributed by atoms with Crippen molar-refractivity contribution in [3.05, 3.63) is 36.4 Å². The van der Waals surface area contributed by atoms with Gasteiger partial charge in [-0.15, -0.1) is 0 Å². The zero-order valence-electron chi connectivity index (χ0n) is 7.16. The summed E-state index contributed by atoms with van der Waals surface area (Å²) in [4.78, 5) is 10.8. The molecule has 2 N–H and O–H groups in total. The summed E-state index contributed by atoms with van der Waals surface area (Å²) in [5, 5.41) is 11.3. The quantitative estimate of drug-likeness (QED) is 0.706. The van der Waals surface area contributed by atoms with Crippen LogP contribution in [0.5, 0.6) is 0 Å². The number of carbonyl (C=O) groups excluding carboxylic acids is 1. The molecule has 6 heteroatoms. The summed E-state index contributed by atoms with van der Waals surface area (Å²) in [7, 11) is 0. The van der Waals surface area contributed by atoms with Crippen LogP contribution in [0.15, 0.2) is 30.9 Å². The van der Waals surface area contributed by atoms with Crippen molar-refractivity contribution in [2.24, 2.45) is 5.73 Å². The van der Waals surface area contributed by atoms with Crippen molar-refractivity contribution in [2.75, 3.05) is 0 Å². The SMILES string of the molecule is NC(=O)c1cnn(-c2ccnnc2)c1. The Morgan fingerprint density at radius 1 is 1.36 bits per heavy atom. The summed E-state index contributed by atoms with van der Waals surface area (Å²) in [5.74, 6) is -0.502. The second-order valence-electron chi connectivity index (χ2n) is 2.64. The molecule has 0 unspecified atom stereocenters. The van der Waals surface area contributed by atoms with Crippen LogP contribution < -0.4 is 5.73 Å². The molecule has 2 aromatic heterocycles. The normalized spacial score (nSPS) is 10.0. The molecule has 0 saturated heterocycles. The Labute approximate surface area is 79.4 Å². The monoisotopic (exact) mass is 189 g/mol. The molecule has 0 spiro atoms. The van der Waals surface area contributed by atoms with E-state index in [-0.39, 0.29) is 0 Å². The topological polar surface area (TPSA) is 86.7 Å². The molecule has 70 valence electrons. The lowest BCUT2D eigenvalue weighted by molar-refractivity contribution is 0.100. The number of rotatable bonds is 2. The summed E-state index contributed by atoms with van der Waals surface area (Å²) in [6.07, 6.45) is 6.03. The highest BCUT2D eigenvalue weighted by molar-refractivity contribution is 5.92. The average molecular weight is 189 g/mol. The molecule has 0 aliphatic rings. The van der Waals surface area contributed by atoms with Gasteiger partial charge in [0.05, 0.1) is 29.8 Å².